The molecule has 1 aromatic carbocycles. The van der Waals surface area contributed by atoms with Crippen LogP contribution in [0.3, 0.4) is 0 Å². The molecule has 15 heavy (non-hydrogen) atoms. The highest BCUT2D eigenvalue weighted by molar-refractivity contribution is 5.95. The molecule has 0 saturated carbocycles. The fraction of sp³-hybridized carbons (Fsp3) is 0.222. The average molecular weight is 213 g/mol. The van der Waals surface area contributed by atoms with Gasteiger partial charge in [0.15, 0.2) is 11.5 Å². The number of hydrogen-bond donors (Lipinski definition) is 0. The molecular weight excluding hydrogens is 205 g/mol. The zero-order valence-corrected chi connectivity index (χ0v) is 8.11. The molecule has 1 aromatic rings. The fourth-order valence-electron chi connectivity index (χ4n) is 1.07. The Morgan fingerprint density at radius 3 is 2.53 bits per heavy atom. The van der Waals surface area contributed by atoms with Crippen molar-refractivity contribution in [1.82, 2.24) is 0 Å². The summed E-state index contributed by atoms with van der Waals surface area (Å²) in [6, 6.07) is 2.02. The molecule has 0 heterocycles. The molecule has 6 heteroatoms. The quantitative estimate of drug-likeness (QED) is 0.437. The Labute approximate surface area is 84.6 Å². The van der Waals surface area contributed by atoms with Crippen molar-refractivity contribution >= 4 is 11.5 Å². The Morgan fingerprint density at radius 1 is 1.53 bits per heavy atom. The first-order chi connectivity index (χ1) is 6.97. The molecule has 0 aliphatic rings. The van der Waals surface area contributed by atoms with Crippen molar-refractivity contribution in [3.05, 3.63) is 33.6 Å². The lowest BCUT2D eigenvalue weighted by molar-refractivity contribution is -0.387. The average Bonchev–Trinajstić information content (AvgIpc) is 2.17. The summed E-state index contributed by atoms with van der Waals surface area (Å²) in [5.41, 5.74) is -0.723. The van der Waals surface area contributed by atoms with Crippen molar-refractivity contribution in [2.75, 3.05) is 7.11 Å². The van der Waals surface area contributed by atoms with Gasteiger partial charge in [0.05, 0.1) is 12.0 Å². The highest BCUT2D eigenvalue weighted by Crippen LogP contribution is 2.28. The summed E-state index contributed by atoms with van der Waals surface area (Å²) < 4.78 is 17.9. The zero-order chi connectivity index (χ0) is 11.6. The molecule has 0 aliphatic heterocycles. The van der Waals surface area contributed by atoms with E-state index in [0.29, 0.717) is 0 Å². The SMILES string of the molecule is COc1cc(C(C)=O)cc([N+](=O)[O-])c1F. The highest BCUT2D eigenvalue weighted by Gasteiger charge is 2.21. The van der Waals surface area contributed by atoms with Crippen LogP contribution in [0.2, 0.25) is 0 Å². The van der Waals surface area contributed by atoms with E-state index < -0.39 is 22.2 Å². The summed E-state index contributed by atoms with van der Waals surface area (Å²) in [5, 5.41) is 10.5. The summed E-state index contributed by atoms with van der Waals surface area (Å²) in [5.74, 6) is -1.78. The molecule has 0 N–H and O–H groups in total. The number of halogens is 1. The summed E-state index contributed by atoms with van der Waals surface area (Å²) in [6.45, 7) is 1.23. The maximum Gasteiger partial charge on any atom is 0.309 e. The lowest BCUT2D eigenvalue weighted by Gasteiger charge is -2.04. The van der Waals surface area contributed by atoms with Crippen LogP contribution in [0.4, 0.5) is 10.1 Å². The number of nitro groups is 1. The summed E-state index contributed by atoms with van der Waals surface area (Å²) in [4.78, 5) is 20.6. The van der Waals surface area contributed by atoms with Crippen molar-refractivity contribution in [3.63, 3.8) is 0 Å². The first-order valence-electron chi connectivity index (χ1n) is 4.00. The normalized spacial score (nSPS) is 9.80. The Bertz CT molecular complexity index is 430. The van der Waals surface area contributed by atoms with Crippen molar-refractivity contribution in [2.24, 2.45) is 0 Å². The first kappa shape index (κ1) is 11.1. The molecule has 0 fully saturated rings. The lowest BCUT2D eigenvalue weighted by atomic mass is 10.1. The second-order valence-corrected chi connectivity index (χ2v) is 2.82. The van der Waals surface area contributed by atoms with Crippen LogP contribution in [0.1, 0.15) is 17.3 Å². The van der Waals surface area contributed by atoms with Crippen molar-refractivity contribution < 1.29 is 18.8 Å². The topological polar surface area (TPSA) is 69.4 Å². The molecule has 0 radical (unpaired) electrons. The molecule has 1 rings (SSSR count). The first-order valence-corrected chi connectivity index (χ1v) is 4.00. The third-order valence-electron chi connectivity index (χ3n) is 1.84. The lowest BCUT2D eigenvalue weighted by Crippen LogP contribution is -2.01. The number of Topliss-reactive ketones (excluding diaryl/α,β-unsaturated/α-hetero) is 1. The molecule has 0 atom stereocenters. The molecule has 0 bridgehead atoms. The number of methoxy groups -OCH3 is 1. The predicted molar refractivity (Wildman–Crippen MR) is 49.6 cm³/mol. The van der Waals surface area contributed by atoms with E-state index in [1.807, 2.05) is 0 Å². The number of ketones is 1. The number of ether oxygens (including phenoxy) is 1. The number of benzene rings is 1. The minimum Gasteiger partial charge on any atom is -0.493 e. The Morgan fingerprint density at radius 2 is 2.13 bits per heavy atom. The second kappa shape index (κ2) is 4.04. The van der Waals surface area contributed by atoms with E-state index in [1.165, 1.54) is 14.0 Å². The van der Waals surface area contributed by atoms with E-state index in [9.17, 15) is 19.3 Å². The van der Waals surface area contributed by atoms with Gasteiger partial charge in [-0.15, -0.1) is 0 Å². The van der Waals surface area contributed by atoms with Gasteiger partial charge in [0, 0.05) is 11.6 Å². The van der Waals surface area contributed by atoms with Crippen LogP contribution in [0.15, 0.2) is 12.1 Å². The number of nitro benzene ring substituents is 1. The molecule has 0 spiro atoms. The van der Waals surface area contributed by atoms with E-state index in [2.05, 4.69) is 4.74 Å². The van der Waals surface area contributed by atoms with Crippen LogP contribution in [0.5, 0.6) is 5.75 Å². The Kier molecular flexibility index (Phi) is 2.99. The van der Waals surface area contributed by atoms with E-state index in [0.717, 1.165) is 12.1 Å². The van der Waals surface area contributed by atoms with Crippen LogP contribution in [-0.4, -0.2) is 17.8 Å². The summed E-state index contributed by atoms with van der Waals surface area (Å²) in [6.07, 6.45) is 0. The smallest absolute Gasteiger partial charge is 0.309 e. The molecule has 0 saturated heterocycles. The molecule has 0 aliphatic carbocycles. The Hall–Kier alpha value is -1.98. The standard InChI is InChI=1S/C9H8FNO4/c1-5(12)6-3-7(11(13)14)9(10)8(4-6)15-2/h3-4H,1-2H3. The van der Waals surface area contributed by atoms with Gasteiger partial charge in [0.1, 0.15) is 0 Å². The van der Waals surface area contributed by atoms with E-state index >= 15 is 0 Å². The van der Waals surface area contributed by atoms with E-state index in [-0.39, 0.29) is 11.3 Å². The number of rotatable bonds is 3. The number of carbonyl (C=O) groups excluding carboxylic acids is 1. The van der Waals surface area contributed by atoms with Gasteiger partial charge in [-0.1, -0.05) is 0 Å². The van der Waals surface area contributed by atoms with Gasteiger partial charge in [-0.2, -0.15) is 4.39 Å². The van der Waals surface area contributed by atoms with Crippen molar-refractivity contribution in [1.29, 1.82) is 0 Å². The minimum absolute atomic E-state index is 0.0416. The zero-order valence-electron chi connectivity index (χ0n) is 8.11. The van der Waals surface area contributed by atoms with E-state index in [4.69, 9.17) is 0 Å². The molecule has 0 aromatic heterocycles. The molecule has 5 nitrogen and oxygen atoms in total. The summed E-state index contributed by atoms with van der Waals surface area (Å²) >= 11 is 0. The van der Waals surface area contributed by atoms with Gasteiger partial charge in [-0.25, -0.2) is 0 Å². The second-order valence-electron chi connectivity index (χ2n) is 2.82. The van der Waals surface area contributed by atoms with E-state index in [1.54, 1.807) is 0 Å². The van der Waals surface area contributed by atoms with Gasteiger partial charge in [-0.3, -0.25) is 14.9 Å². The predicted octanol–water partition coefficient (Wildman–Crippen LogP) is 1.95. The van der Waals surface area contributed by atoms with Crippen LogP contribution in [0, 0.1) is 15.9 Å². The molecule has 0 unspecified atom stereocenters. The molecule has 80 valence electrons. The monoisotopic (exact) mass is 213 g/mol. The maximum absolute atomic E-state index is 13.3. The van der Waals surface area contributed by atoms with Gasteiger partial charge in [0.25, 0.3) is 0 Å². The van der Waals surface area contributed by atoms with Crippen LogP contribution in [0.25, 0.3) is 0 Å². The Balaban J connectivity index is 3.45. The fourth-order valence-corrected chi connectivity index (χ4v) is 1.07. The molecular formula is C9H8FNO4. The highest BCUT2D eigenvalue weighted by atomic mass is 19.1. The van der Waals surface area contributed by atoms with Gasteiger partial charge >= 0.3 is 5.69 Å². The van der Waals surface area contributed by atoms with Crippen LogP contribution < -0.4 is 4.74 Å². The van der Waals surface area contributed by atoms with Crippen LogP contribution in [-0.2, 0) is 0 Å². The maximum atomic E-state index is 13.3. The van der Waals surface area contributed by atoms with Crippen LogP contribution >= 0.6 is 0 Å². The van der Waals surface area contributed by atoms with Gasteiger partial charge in [0.2, 0.25) is 5.82 Å². The minimum atomic E-state index is -1.08. The third-order valence-corrected chi connectivity index (χ3v) is 1.84. The van der Waals surface area contributed by atoms with Gasteiger partial charge < -0.3 is 4.74 Å². The molecule has 0 amide bonds. The third kappa shape index (κ3) is 2.09. The number of hydrogen-bond acceptors (Lipinski definition) is 4. The van der Waals surface area contributed by atoms with Crippen molar-refractivity contribution in [2.45, 2.75) is 6.92 Å². The largest absolute Gasteiger partial charge is 0.493 e. The number of nitrogens with zero attached hydrogens (tertiary/aromatic N) is 1. The van der Waals surface area contributed by atoms with Crippen molar-refractivity contribution in [3.8, 4) is 5.75 Å². The van der Waals surface area contributed by atoms with Gasteiger partial charge in [-0.05, 0) is 13.0 Å². The number of carbonyl (C=O) groups is 1. The summed E-state index contributed by atoms with van der Waals surface area (Å²) in [7, 11) is 1.17.